The second kappa shape index (κ2) is 15.6. The van der Waals surface area contributed by atoms with Crippen molar-refractivity contribution in [1.82, 2.24) is 20.4 Å². The van der Waals surface area contributed by atoms with Crippen LogP contribution in [-0.4, -0.2) is 80.6 Å². The van der Waals surface area contributed by atoms with Crippen molar-refractivity contribution >= 4 is 23.8 Å². The highest BCUT2D eigenvalue weighted by molar-refractivity contribution is 5.91. The van der Waals surface area contributed by atoms with Crippen molar-refractivity contribution in [3.05, 3.63) is 35.9 Å². The average molecular weight is 455 g/mol. The fourth-order valence-electron chi connectivity index (χ4n) is 2.19. The maximum absolute atomic E-state index is 12.8. The van der Waals surface area contributed by atoms with E-state index in [-0.39, 0.29) is 13.2 Å². The smallest absolute Gasteiger partial charge is 0.407 e. The van der Waals surface area contributed by atoms with Crippen molar-refractivity contribution in [2.24, 2.45) is 5.92 Å². The number of alkyl carbamates (subject to hydrolysis) is 1. The molecule has 32 heavy (non-hydrogen) atoms. The molecule has 0 heterocycles. The molecule has 4 amide bonds. The summed E-state index contributed by atoms with van der Waals surface area (Å²) in [6.07, 6.45) is -0.813. The highest BCUT2D eigenvalue weighted by Gasteiger charge is 2.24. The first-order valence-corrected chi connectivity index (χ1v) is 10.2. The van der Waals surface area contributed by atoms with E-state index in [4.69, 9.17) is 4.74 Å². The molecule has 0 aliphatic heterocycles. The molecular weight excluding hydrogens is 419 g/mol. The van der Waals surface area contributed by atoms with Gasteiger partial charge in [0, 0.05) is 27.7 Å². The van der Waals surface area contributed by atoms with E-state index in [1.54, 1.807) is 24.3 Å². The Kier molecular flexibility index (Phi) is 14.1. The summed E-state index contributed by atoms with van der Waals surface area (Å²) in [5.41, 5.74) is 0.782. The molecule has 0 saturated carbocycles. The summed E-state index contributed by atoms with van der Waals surface area (Å²) >= 11 is 0. The van der Waals surface area contributed by atoms with Gasteiger partial charge in [0.05, 0.1) is 0 Å². The second-order valence-corrected chi connectivity index (χ2v) is 7.92. The SMILES string of the molecule is CC(C)C.CN(C)C(=O)N(C)CC(NC(=O)CNC(=O)OCc1ccccc1)C(=O)CF. The summed E-state index contributed by atoms with van der Waals surface area (Å²) in [6, 6.07) is 7.33. The number of hydrogen-bond donors (Lipinski definition) is 2. The molecule has 1 aromatic carbocycles. The van der Waals surface area contributed by atoms with Crippen LogP contribution in [-0.2, 0) is 20.9 Å². The zero-order chi connectivity index (χ0) is 24.7. The molecule has 0 spiro atoms. The van der Waals surface area contributed by atoms with Gasteiger partial charge in [0.15, 0.2) is 5.78 Å². The molecule has 1 unspecified atom stereocenters. The lowest BCUT2D eigenvalue weighted by Gasteiger charge is -2.26. The first-order chi connectivity index (χ1) is 15.0. The highest BCUT2D eigenvalue weighted by Crippen LogP contribution is 2.00. The first-order valence-electron chi connectivity index (χ1n) is 10.2. The number of urea groups is 1. The lowest BCUT2D eigenvalue weighted by atomic mass is 10.2. The number of carbonyl (C=O) groups excluding carboxylic acids is 4. The van der Waals surface area contributed by atoms with Crippen LogP contribution in [0.4, 0.5) is 14.0 Å². The summed E-state index contributed by atoms with van der Waals surface area (Å²) in [7, 11) is 4.47. The van der Waals surface area contributed by atoms with Gasteiger partial charge in [-0.25, -0.2) is 14.0 Å². The second-order valence-electron chi connectivity index (χ2n) is 7.92. The molecule has 0 radical (unpaired) electrons. The topological polar surface area (TPSA) is 108 Å². The summed E-state index contributed by atoms with van der Waals surface area (Å²) in [5, 5.41) is 4.55. The van der Waals surface area contributed by atoms with Gasteiger partial charge in [0.2, 0.25) is 5.91 Å². The third kappa shape index (κ3) is 13.2. The van der Waals surface area contributed by atoms with Crippen molar-refractivity contribution in [3.63, 3.8) is 0 Å². The van der Waals surface area contributed by atoms with Crippen molar-refractivity contribution in [3.8, 4) is 0 Å². The molecule has 180 valence electrons. The van der Waals surface area contributed by atoms with Gasteiger partial charge in [-0.1, -0.05) is 51.1 Å². The summed E-state index contributed by atoms with van der Waals surface area (Å²) < 4.78 is 17.7. The fourth-order valence-corrected chi connectivity index (χ4v) is 2.19. The van der Waals surface area contributed by atoms with Crippen molar-refractivity contribution < 1.29 is 28.3 Å². The summed E-state index contributed by atoms with van der Waals surface area (Å²) in [6.45, 7) is 4.58. The normalized spacial score (nSPS) is 10.9. The molecule has 1 aromatic rings. The van der Waals surface area contributed by atoms with Gasteiger partial charge >= 0.3 is 12.1 Å². The highest BCUT2D eigenvalue weighted by atomic mass is 19.1. The third-order valence-electron chi connectivity index (χ3n) is 3.63. The molecule has 0 bridgehead atoms. The van der Waals surface area contributed by atoms with Crippen LogP contribution >= 0.6 is 0 Å². The Hall–Kier alpha value is -3.17. The molecule has 0 aliphatic carbocycles. The minimum absolute atomic E-state index is 0.0364. The Balaban J connectivity index is 0.00000220. The Morgan fingerprint density at radius 1 is 1.03 bits per heavy atom. The van der Waals surface area contributed by atoms with E-state index in [0.29, 0.717) is 0 Å². The quantitative estimate of drug-likeness (QED) is 0.595. The number of ether oxygens (including phenoxy) is 1. The number of carbonyl (C=O) groups is 4. The number of rotatable bonds is 9. The van der Waals surface area contributed by atoms with Crippen molar-refractivity contribution in [1.29, 1.82) is 0 Å². The summed E-state index contributed by atoms with van der Waals surface area (Å²) in [4.78, 5) is 49.6. The molecule has 0 saturated heterocycles. The number of ketones is 1. The molecule has 0 aromatic heterocycles. The first kappa shape index (κ1) is 28.8. The number of alkyl halides is 1. The van der Waals surface area contributed by atoms with Crippen LogP contribution in [0.2, 0.25) is 0 Å². The van der Waals surface area contributed by atoms with Crippen molar-refractivity contribution in [2.45, 2.75) is 33.4 Å². The molecule has 1 rings (SSSR count). The van der Waals surface area contributed by atoms with E-state index in [2.05, 4.69) is 31.4 Å². The van der Waals surface area contributed by atoms with E-state index >= 15 is 0 Å². The van der Waals surface area contributed by atoms with E-state index in [0.717, 1.165) is 11.5 Å². The molecule has 2 N–H and O–H groups in total. The molecule has 1 atom stereocenters. The molecule has 9 nitrogen and oxygen atoms in total. The van der Waals surface area contributed by atoms with E-state index in [1.807, 2.05) is 6.07 Å². The van der Waals surface area contributed by atoms with Crippen LogP contribution in [0.3, 0.4) is 0 Å². The van der Waals surface area contributed by atoms with Gasteiger partial charge in [0.1, 0.15) is 25.9 Å². The summed E-state index contributed by atoms with van der Waals surface area (Å²) in [5.74, 6) is -0.757. The lowest BCUT2D eigenvalue weighted by molar-refractivity contribution is -0.128. The van der Waals surface area contributed by atoms with Gasteiger partial charge in [-0.15, -0.1) is 0 Å². The fraction of sp³-hybridized carbons (Fsp3) is 0.545. The number of Topliss-reactive ketones (excluding diaryl/α,β-unsaturated/α-hetero) is 1. The minimum atomic E-state index is -1.29. The Morgan fingerprint density at radius 2 is 1.59 bits per heavy atom. The van der Waals surface area contributed by atoms with Crippen LogP contribution < -0.4 is 10.6 Å². The van der Waals surface area contributed by atoms with Gasteiger partial charge in [-0.3, -0.25) is 9.59 Å². The standard InChI is InChI=1S/C18H25FN4O5.C4H10/c1-22(2)18(27)23(3)11-14(15(24)9-19)21-16(25)10-20-17(26)28-12-13-7-5-4-6-8-13;1-4(2)3/h4-8,14H,9-12H2,1-3H3,(H,20,26)(H,21,25);4H,1-3H3. The van der Waals surface area contributed by atoms with Crippen LogP contribution in [0, 0.1) is 5.92 Å². The van der Waals surface area contributed by atoms with E-state index < -0.39 is 43.1 Å². The number of likely N-dealkylation sites (N-methyl/N-ethyl adjacent to an activating group) is 1. The van der Waals surface area contributed by atoms with Crippen LogP contribution in [0.1, 0.15) is 26.3 Å². The molecule has 0 aliphatic rings. The van der Waals surface area contributed by atoms with E-state index in [9.17, 15) is 23.6 Å². The van der Waals surface area contributed by atoms with Crippen LogP contribution in [0.5, 0.6) is 0 Å². The monoisotopic (exact) mass is 454 g/mol. The van der Waals surface area contributed by atoms with Gasteiger partial charge in [0.25, 0.3) is 0 Å². The van der Waals surface area contributed by atoms with E-state index in [1.165, 1.54) is 30.9 Å². The Bertz CT molecular complexity index is 726. The largest absolute Gasteiger partial charge is 0.445 e. The van der Waals surface area contributed by atoms with Crippen LogP contribution in [0.15, 0.2) is 30.3 Å². The van der Waals surface area contributed by atoms with Gasteiger partial charge in [-0.05, 0) is 11.5 Å². The van der Waals surface area contributed by atoms with Gasteiger partial charge < -0.3 is 25.2 Å². The molecule has 10 heteroatoms. The molecule has 0 fully saturated rings. The number of nitrogens with zero attached hydrogens (tertiary/aromatic N) is 2. The predicted octanol–water partition coefficient (Wildman–Crippen LogP) is 2.21. The minimum Gasteiger partial charge on any atom is -0.445 e. The van der Waals surface area contributed by atoms with Crippen LogP contribution in [0.25, 0.3) is 0 Å². The average Bonchev–Trinajstić information content (AvgIpc) is 2.74. The lowest BCUT2D eigenvalue weighted by Crippen LogP contribution is -2.52. The predicted molar refractivity (Wildman–Crippen MR) is 120 cm³/mol. The number of amides is 4. The van der Waals surface area contributed by atoms with Gasteiger partial charge in [-0.2, -0.15) is 0 Å². The number of hydrogen-bond acceptors (Lipinski definition) is 5. The Labute approximate surface area is 189 Å². The maximum Gasteiger partial charge on any atom is 0.407 e. The number of nitrogens with one attached hydrogen (secondary N) is 2. The zero-order valence-electron chi connectivity index (χ0n) is 19.7. The molecular formula is C22H35FN4O5. The third-order valence-corrected chi connectivity index (χ3v) is 3.63. The Morgan fingerprint density at radius 3 is 2.09 bits per heavy atom. The zero-order valence-corrected chi connectivity index (χ0v) is 19.7. The maximum atomic E-state index is 12.8. The number of halogens is 1. The van der Waals surface area contributed by atoms with Crippen molar-refractivity contribution in [2.75, 3.05) is 40.9 Å². The number of benzene rings is 1.